The summed E-state index contributed by atoms with van der Waals surface area (Å²) in [7, 11) is 2.02. The fraction of sp³-hybridized carbons (Fsp3) is 0.353. The maximum absolute atomic E-state index is 4.73. The van der Waals surface area contributed by atoms with Gasteiger partial charge in [0, 0.05) is 29.8 Å². The van der Waals surface area contributed by atoms with Crippen molar-refractivity contribution in [2.24, 2.45) is 7.05 Å². The number of nitrogens with zero attached hydrogens (tertiary/aromatic N) is 2. The molecule has 0 amide bonds. The molecular weight excluding hydrogens is 278 g/mol. The summed E-state index contributed by atoms with van der Waals surface area (Å²) in [5, 5.41) is 11.8. The molecule has 3 nitrogen and oxygen atoms in total. The van der Waals surface area contributed by atoms with E-state index < -0.39 is 0 Å². The summed E-state index contributed by atoms with van der Waals surface area (Å²) < 4.78 is 1.98. The Morgan fingerprint density at radius 1 is 1.29 bits per heavy atom. The van der Waals surface area contributed by atoms with Crippen molar-refractivity contribution in [3.63, 3.8) is 0 Å². The fourth-order valence-electron chi connectivity index (χ4n) is 2.88. The van der Waals surface area contributed by atoms with E-state index in [-0.39, 0.29) is 0 Å². The molecule has 0 aliphatic heterocycles. The van der Waals surface area contributed by atoms with Crippen LogP contribution in [0.15, 0.2) is 35.7 Å². The minimum absolute atomic E-state index is 0.341. The van der Waals surface area contributed by atoms with E-state index in [0.717, 1.165) is 13.0 Å². The van der Waals surface area contributed by atoms with Gasteiger partial charge in [-0.3, -0.25) is 4.68 Å². The van der Waals surface area contributed by atoms with Crippen LogP contribution in [0.5, 0.6) is 0 Å². The Morgan fingerprint density at radius 3 is 2.81 bits per heavy atom. The van der Waals surface area contributed by atoms with Crippen molar-refractivity contribution in [2.75, 3.05) is 6.54 Å². The fourth-order valence-corrected chi connectivity index (χ4v) is 3.88. The van der Waals surface area contributed by atoms with Gasteiger partial charge in [-0.25, -0.2) is 0 Å². The van der Waals surface area contributed by atoms with Gasteiger partial charge in [0.1, 0.15) is 0 Å². The zero-order valence-electron chi connectivity index (χ0n) is 12.8. The molecule has 1 aromatic carbocycles. The Kier molecular flexibility index (Phi) is 4.08. The van der Waals surface area contributed by atoms with Crippen molar-refractivity contribution >= 4 is 22.2 Å². The van der Waals surface area contributed by atoms with E-state index in [9.17, 15) is 0 Å². The van der Waals surface area contributed by atoms with E-state index in [4.69, 9.17) is 5.10 Å². The Balaban J connectivity index is 1.97. The first-order valence-corrected chi connectivity index (χ1v) is 8.26. The molecule has 0 radical (unpaired) electrons. The molecule has 1 unspecified atom stereocenters. The highest BCUT2D eigenvalue weighted by atomic mass is 32.1. The number of fused-ring (bicyclic) bond motifs is 1. The molecule has 0 aliphatic carbocycles. The van der Waals surface area contributed by atoms with E-state index in [2.05, 4.69) is 54.9 Å². The van der Waals surface area contributed by atoms with Crippen LogP contribution >= 0.6 is 11.3 Å². The molecule has 0 spiro atoms. The number of aryl methyl sites for hydroxylation is 2. The van der Waals surface area contributed by atoms with Crippen LogP contribution < -0.4 is 5.32 Å². The van der Waals surface area contributed by atoms with Crippen LogP contribution in [0, 0.1) is 6.92 Å². The van der Waals surface area contributed by atoms with Crippen molar-refractivity contribution in [1.29, 1.82) is 0 Å². The zero-order chi connectivity index (χ0) is 14.8. The lowest BCUT2D eigenvalue weighted by Crippen LogP contribution is -2.23. The molecule has 110 valence electrons. The molecule has 0 aliphatic rings. The highest BCUT2D eigenvalue weighted by Gasteiger charge is 2.18. The second kappa shape index (κ2) is 6.00. The summed E-state index contributed by atoms with van der Waals surface area (Å²) in [4.78, 5) is 1.42. The van der Waals surface area contributed by atoms with Crippen LogP contribution in [0.25, 0.3) is 10.9 Å². The number of nitrogens with one attached hydrogen (secondary N) is 1. The van der Waals surface area contributed by atoms with Gasteiger partial charge in [0.25, 0.3) is 0 Å². The topological polar surface area (TPSA) is 29.9 Å². The Hall–Kier alpha value is -1.65. The number of aromatic nitrogens is 2. The number of thiophene rings is 1. The number of rotatable bonds is 5. The predicted octanol–water partition coefficient (Wildman–Crippen LogP) is 3.84. The van der Waals surface area contributed by atoms with Gasteiger partial charge in [-0.15, -0.1) is 11.3 Å². The van der Waals surface area contributed by atoms with Crippen molar-refractivity contribution in [3.8, 4) is 0 Å². The smallest absolute Gasteiger partial charge is 0.0722 e. The second-order valence-electron chi connectivity index (χ2n) is 5.37. The lowest BCUT2D eigenvalue weighted by Gasteiger charge is -2.16. The van der Waals surface area contributed by atoms with Gasteiger partial charge in [-0.2, -0.15) is 5.10 Å². The third kappa shape index (κ3) is 2.74. The Bertz CT molecular complexity index is 741. The average molecular weight is 299 g/mol. The first kappa shape index (κ1) is 14.3. The van der Waals surface area contributed by atoms with Crippen LogP contribution in [0.1, 0.15) is 29.1 Å². The minimum atomic E-state index is 0.341. The minimum Gasteiger partial charge on any atom is -0.309 e. The van der Waals surface area contributed by atoms with Crippen molar-refractivity contribution in [1.82, 2.24) is 15.1 Å². The molecule has 3 rings (SSSR count). The third-order valence-corrected chi connectivity index (χ3v) is 5.03. The first-order valence-electron chi connectivity index (χ1n) is 7.38. The van der Waals surface area contributed by atoms with Gasteiger partial charge in [0.05, 0.1) is 11.2 Å². The molecule has 4 heteroatoms. The molecular formula is C17H21N3S. The van der Waals surface area contributed by atoms with Crippen molar-refractivity contribution in [3.05, 3.63) is 51.8 Å². The number of likely N-dealkylation sites (N-methyl/N-ethyl adjacent to an activating group) is 1. The van der Waals surface area contributed by atoms with E-state index in [1.54, 1.807) is 0 Å². The molecule has 0 saturated heterocycles. The summed E-state index contributed by atoms with van der Waals surface area (Å²) in [6, 6.07) is 11.0. The monoisotopic (exact) mass is 299 g/mol. The van der Waals surface area contributed by atoms with Crippen molar-refractivity contribution < 1.29 is 0 Å². The van der Waals surface area contributed by atoms with E-state index in [1.165, 1.54) is 27.0 Å². The summed E-state index contributed by atoms with van der Waals surface area (Å²) in [6.45, 7) is 5.31. The highest BCUT2D eigenvalue weighted by molar-refractivity contribution is 7.10. The van der Waals surface area contributed by atoms with Gasteiger partial charge in [-0.1, -0.05) is 25.1 Å². The first-order chi connectivity index (χ1) is 10.2. The quantitative estimate of drug-likeness (QED) is 0.776. The largest absolute Gasteiger partial charge is 0.309 e. The van der Waals surface area contributed by atoms with Gasteiger partial charge < -0.3 is 5.32 Å². The number of hydrogen-bond acceptors (Lipinski definition) is 3. The van der Waals surface area contributed by atoms with Gasteiger partial charge in [-0.05, 0) is 36.5 Å². The molecule has 1 N–H and O–H groups in total. The van der Waals surface area contributed by atoms with Crippen LogP contribution in [0.2, 0.25) is 0 Å². The molecule has 21 heavy (non-hydrogen) atoms. The Morgan fingerprint density at radius 2 is 2.10 bits per heavy atom. The maximum atomic E-state index is 4.73. The van der Waals surface area contributed by atoms with E-state index >= 15 is 0 Å². The predicted molar refractivity (Wildman–Crippen MR) is 89.9 cm³/mol. The highest BCUT2D eigenvalue weighted by Crippen LogP contribution is 2.28. The third-order valence-electron chi connectivity index (χ3n) is 3.90. The normalized spacial score (nSPS) is 12.9. The SMILES string of the molecule is CCNC(Cc1nn(C)c2ccccc12)c1sccc1C. The number of benzene rings is 1. The standard InChI is InChI=1S/C17H21N3S/c1-4-18-15(17-12(2)9-10-21-17)11-14-13-7-5-6-8-16(13)20(3)19-14/h5-10,15,18H,4,11H2,1-3H3. The molecule has 1 atom stereocenters. The summed E-state index contributed by atoms with van der Waals surface area (Å²) in [5.41, 5.74) is 3.74. The van der Waals surface area contributed by atoms with E-state index in [0.29, 0.717) is 6.04 Å². The van der Waals surface area contributed by atoms with Crippen LogP contribution in [0.3, 0.4) is 0 Å². The number of hydrogen-bond donors (Lipinski definition) is 1. The molecule has 3 aromatic rings. The zero-order valence-corrected chi connectivity index (χ0v) is 13.6. The summed E-state index contributed by atoms with van der Waals surface area (Å²) >= 11 is 1.83. The lowest BCUT2D eigenvalue weighted by atomic mass is 10.0. The van der Waals surface area contributed by atoms with Crippen LogP contribution in [-0.4, -0.2) is 16.3 Å². The molecule has 2 heterocycles. The van der Waals surface area contributed by atoms with Gasteiger partial charge >= 0.3 is 0 Å². The number of para-hydroxylation sites is 1. The van der Waals surface area contributed by atoms with Crippen LogP contribution in [-0.2, 0) is 13.5 Å². The molecule has 0 fully saturated rings. The molecule has 2 aromatic heterocycles. The average Bonchev–Trinajstić information content (AvgIpc) is 3.04. The van der Waals surface area contributed by atoms with E-state index in [1.807, 2.05) is 23.1 Å². The van der Waals surface area contributed by atoms with Gasteiger partial charge in [0.2, 0.25) is 0 Å². The summed E-state index contributed by atoms with van der Waals surface area (Å²) in [6.07, 6.45) is 0.927. The maximum Gasteiger partial charge on any atom is 0.0722 e. The van der Waals surface area contributed by atoms with Crippen LogP contribution in [0.4, 0.5) is 0 Å². The second-order valence-corrected chi connectivity index (χ2v) is 6.32. The van der Waals surface area contributed by atoms with Crippen molar-refractivity contribution in [2.45, 2.75) is 26.3 Å². The summed E-state index contributed by atoms with van der Waals surface area (Å²) in [5.74, 6) is 0. The Labute approximate surface area is 129 Å². The van der Waals surface area contributed by atoms with Gasteiger partial charge in [0.15, 0.2) is 0 Å². The lowest BCUT2D eigenvalue weighted by molar-refractivity contribution is 0.547. The molecule has 0 bridgehead atoms. The molecule has 0 saturated carbocycles.